The Morgan fingerprint density at radius 1 is 1.08 bits per heavy atom. The standard InChI is InChI=1S/C30H52O6Si/c1-12-13-21(2)27(36-37(10,11)30(5,6)7)23(4)28(34-20-31-8)22(3)26-18-19-33-29(35-26)24-14-16-25(32-9)17-15-24/h12,14-17,21-23,26-29H,1,13,18-20H2,2-11H3/t21-,22+,23-,26+,27+,28-,29?/m0/s1. The fraction of sp³-hybridized carbons (Fsp3) is 0.733. The second-order valence-corrected chi connectivity index (χ2v) is 16.8. The third kappa shape index (κ3) is 8.64. The van der Waals surface area contributed by atoms with Gasteiger partial charge in [0, 0.05) is 24.5 Å². The summed E-state index contributed by atoms with van der Waals surface area (Å²) in [6.45, 7) is 23.1. The molecule has 0 amide bonds. The molecule has 7 heteroatoms. The van der Waals surface area contributed by atoms with Crippen molar-refractivity contribution in [3.63, 3.8) is 0 Å². The van der Waals surface area contributed by atoms with Gasteiger partial charge < -0.3 is 28.1 Å². The van der Waals surface area contributed by atoms with E-state index in [1.54, 1.807) is 14.2 Å². The van der Waals surface area contributed by atoms with E-state index in [4.69, 9.17) is 28.1 Å². The predicted octanol–water partition coefficient (Wildman–Crippen LogP) is 7.36. The van der Waals surface area contributed by atoms with Crippen molar-refractivity contribution in [2.45, 2.75) is 97.1 Å². The molecule has 0 saturated carbocycles. The normalized spacial score (nSPS) is 23.1. The highest BCUT2D eigenvalue weighted by Crippen LogP contribution is 2.41. The van der Waals surface area contributed by atoms with Gasteiger partial charge in [0.1, 0.15) is 12.5 Å². The summed E-state index contributed by atoms with van der Waals surface area (Å²) in [5, 5.41) is 0.114. The van der Waals surface area contributed by atoms with Crippen LogP contribution in [0, 0.1) is 17.8 Å². The molecule has 0 bridgehead atoms. The van der Waals surface area contributed by atoms with E-state index in [0.29, 0.717) is 12.5 Å². The summed E-state index contributed by atoms with van der Waals surface area (Å²) in [6.07, 6.45) is 3.18. The summed E-state index contributed by atoms with van der Waals surface area (Å²) in [4.78, 5) is 0. The minimum absolute atomic E-state index is 0.0200. The summed E-state index contributed by atoms with van der Waals surface area (Å²) in [5.41, 5.74) is 0.985. The van der Waals surface area contributed by atoms with Gasteiger partial charge in [0.05, 0.1) is 32.0 Å². The van der Waals surface area contributed by atoms with Crippen molar-refractivity contribution >= 4 is 8.32 Å². The van der Waals surface area contributed by atoms with Gasteiger partial charge in [-0.2, -0.15) is 0 Å². The van der Waals surface area contributed by atoms with Crippen LogP contribution in [0.3, 0.4) is 0 Å². The van der Waals surface area contributed by atoms with Crippen LogP contribution >= 0.6 is 0 Å². The zero-order valence-corrected chi connectivity index (χ0v) is 25.9. The van der Waals surface area contributed by atoms with E-state index >= 15 is 0 Å². The number of ether oxygens (including phenoxy) is 5. The van der Waals surface area contributed by atoms with E-state index in [2.05, 4.69) is 61.2 Å². The quantitative estimate of drug-likeness (QED) is 0.141. The molecule has 0 N–H and O–H groups in total. The molecule has 0 aromatic heterocycles. The Morgan fingerprint density at radius 2 is 1.73 bits per heavy atom. The van der Waals surface area contributed by atoms with Crippen molar-refractivity contribution in [2.75, 3.05) is 27.6 Å². The van der Waals surface area contributed by atoms with Crippen molar-refractivity contribution in [1.82, 2.24) is 0 Å². The van der Waals surface area contributed by atoms with Crippen LogP contribution < -0.4 is 4.74 Å². The Hall–Kier alpha value is -1.22. The lowest BCUT2D eigenvalue weighted by molar-refractivity contribution is -0.244. The molecule has 1 heterocycles. The van der Waals surface area contributed by atoms with Crippen molar-refractivity contribution in [1.29, 1.82) is 0 Å². The monoisotopic (exact) mass is 536 g/mol. The number of allylic oxidation sites excluding steroid dienone is 1. The van der Waals surface area contributed by atoms with Crippen LogP contribution in [-0.4, -0.2) is 54.2 Å². The lowest BCUT2D eigenvalue weighted by Gasteiger charge is -2.46. The molecule has 1 aromatic carbocycles. The molecule has 1 saturated heterocycles. The molecular formula is C30H52O6Si. The molecule has 0 radical (unpaired) electrons. The maximum absolute atomic E-state index is 7.08. The molecule has 0 aliphatic carbocycles. The number of hydrogen-bond acceptors (Lipinski definition) is 6. The molecule has 1 aromatic rings. The number of methoxy groups -OCH3 is 2. The fourth-order valence-electron chi connectivity index (χ4n) is 4.86. The Bertz CT molecular complexity index is 805. The lowest BCUT2D eigenvalue weighted by atomic mass is 9.80. The first-order chi connectivity index (χ1) is 17.4. The molecule has 1 unspecified atom stereocenters. The predicted molar refractivity (Wildman–Crippen MR) is 152 cm³/mol. The van der Waals surface area contributed by atoms with Crippen molar-refractivity contribution in [2.24, 2.45) is 17.8 Å². The van der Waals surface area contributed by atoms with Gasteiger partial charge in [0.15, 0.2) is 14.6 Å². The second-order valence-electron chi connectivity index (χ2n) is 12.0. The smallest absolute Gasteiger partial charge is 0.192 e. The first-order valence-electron chi connectivity index (χ1n) is 13.7. The highest BCUT2D eigenvalue weighted by atomic mass is 28.4. The highest BCUT2D eigenvalue weighted by molar-refractivity contribution is 6.74. The van der Waals surface area contributed by atoms with Gasteiger partial charge in [0.2, 0.25) is 0 Å². The van der Waals surface area contributed by atoms with E-state index in [-0.39, 0.29) is 42.0 Å². The molecule has 1 aliphatic heterocycles. The fourth-order valence-corrected chi connectivity index (χ4v) is 6.34. The van der Waals surface area contributed by atoms with E-state index in [0.717, 1.165) is 24.2 Å². The van der Waals surface area contributed by atoms with E-state index in [1.165, 1.54) is 0 Å². The Balaban J connectivity index is 2.29. The first-order valence-corrected chi connectivity index (χ1v) is 16.6. The second kappa shape index (κ2) is 14.2. The molecule has 212 valence electrons. The van der Waals surface area contributed by atoms with E-state index in [9.17, 15) is 0 Å². The molecule has 2 rings (SSSR count). The van der Waals surface area contributed by atoms with Gasteiger partial charge in [-0.05, 0) is 49.0 Å². The summed E-state index contributed by atoms with van der Waals surface area (Å²) >= 11 is 0. The molecular weight excluding hydrogens is 484 g/mol. The molecule has 7 atom stereocenters. The minimum Gasteiger partial charge on any atom is -0.497 e. The lowest BCUT2D eigenvalue weighted by Crippen LogP contribution is -2.51. The third-order valence-electron chi connectivity index (χ3n) is 8.21. The third-order valence-corrected chi connectivity index (χ3v) is 12.7. The topological polar surface area (TPSA) is 55.4 Å². The average Bonchev–Trinajstić information content (AvgIpc) is 2.86. The average molecular weight is 537 g/mol. The van der Waals surface area contributed by atoms with Gasteiger partial charge >= 0.3 is 0 Å². The zero-order valence-electron chi connectivity index (χ0n) is 24.9. The van der Waals surface area contributed by atoms with Crippen molar-refractivity contribution in [3.05, 3.63) is 42.5 Å². The molecule has 0 spiro atoms. The van der Waals surface area contributed by atoms with Crippen molar-refractivity contribution in [3.8, 4) is 5.75 Å². The summed E-state index contributed by atoms with van der Waals surface area (Å²) in [6, 6.07) is 7.87. The first kappa shape index (κ1) is 32.0. The van der Waals surface area contributed by atoms with E-state index in [1.807, 2.05) is 30.3 Å². The molecule has 1 fully saturated rings. The Kier molecular flexibility index (Phi) is 12.3. The van der Waals surface area contributed by atoms with Gasteiger partial charge in [-0.3, -0.25) is 0 Å². The maximum atomic E-state index is 7.08. The Labute approximate surface area is 227 Å². The summed E-state index contributed by atoms with van der Waals surface area (Å²) < 4.78 is 36.7. The van der Waals surface area contributed by atoms with Crippen LogP contribution in [0.5, 0.6) is 5.75 Å². The maximum Gasteiger partial charge on any atom is 0.192 e. The van der Waals surface area contributed by atoms with Gasteiger partial charge in [0.25, 0.3) is 0 Å². The van der Waals surface area contributed by atoms with Crippen LogP contribution in [0.4, 0.5) is 0 Å². The molecule has 37 heavy (non-hydrogen) atoms. The number of benzene rings is 1. The summed E-state index contributed by atoms with van der Waals surface area (Å²) in [5.74, 6) is 1.36. The van der Waals surface area contributed by atoms with Gasteiger partial charge in [-0.25, -0.2) is 0 Å². The minimum atomic E-state index is -2.02. The number of rotatable bonds is 14. The van der Waals surface area contributed by atoms with Crippen LogP contribution in [0.2, 0.25) is 18.1 Å². The van der Waals surface area contributed by atoms with Gasteiger partial charge in [-0.1, -0.05) is 59.8 Å². The largest absolute Gasteiger partial charge is 0.497 e. The summed E-state index contributed by atoms with van der Waals surface area (Å²) in [7, 11) is 1.31. The highest BCUT2D eigenvalue weighted by Gasteiger charge is 2.45. The van der Waals surface area contributed by atoms with Gasteiger partial charge in [-0.15, -0.1) is 6.58 Å². The van der Waals surface area contributed by atoms with Crippen LogP contribution in [0.25, 0.3) is 0 Å². The van der Waals surface area contributed by atoms with E-state index < -0.39 is 14.6 Å². The molecule has 6 nitrogen and oxygen atoms in total. The number of hydrogen-bond donors (Lipinski definition) is 0. The van der Waals surface area contributed by atoms with Crippen LogP contribution in [0.15, 0.2) is 36.9 Å². The zero-order chi connectivity index (χ0) is 27.8. The van der Waals surface area contributed by atoms with Crippen LogP contribution in [-0.2, 0) is 23.4 Å². The Morgan fingerprint density at radius 3 is 2.27 bits per heavy atom. The van der Waals surface area contributed by atoms with Crippen LogP contribution in [0.1, 0.15) is 66.2 Å². The van der Waals surface area contributed by atoms with Crippen molar-refractivity contribution < 1.29 is 28.1 Å². The molecule has 1 aliphatic rings. The SMILES string of the molecule is C=CC[C@H](C)[C@@H](O[Si](C)(C)C(C)(C)C)[C@H](C)[C@@H](OCOC)[C@H](C)[C@H]1CCOC(c2ccc(OC)cc2)O1.